The van der Waals surface area contributed by atoms with E-state index in [4.69, 9.17) is 10.5 Å². The molecule has 2 aliphatic heterocycles. The normalized spacial score (nSPS) is 27.0. The third-order valence-electron chi connectivity index (χ3n) is 4.31. The van der Waals surface area contributed by atoms with Crippen LogP contribution in [0.25, 0.3) is 0 Å². The van der Waals surface area contributed by atoms with Crippen LogP contribution in [0.15, 0.2) is 0 Å². The van der Waals surface area contributed by atoms with E-state index in [1.807, 2.05) is 25.7 Å². The third-order valence-corrected chi connectivity index (χ3v) is 4.31. The number of hydrogen-bond donors (Lipinski definition) is 1. The molecule has 2 fully saturated rings. The second kappa shape index (κ2) is 6.86. The summed E-state index contributed by atoms with van der Waals surface area (Å²) in [7, 11) is 0. The van der Waals surface area contributed by atoms with Crippen molar-refractivity contribution in [2.75, 3.05) is 26.2 Å². The number of amides is 2. The first-order valence-corrected chi connectivity index (χ1v) is 8.27. The van der Waals surface area contributed by atoms with Crippen LogP contribution < -0.4 is 5.73 Å². The monoisotopic (exact) mass is 311 g/mol. The molecule has 2 unspecified atom stereocenters. The van der Waals surface area contributed by atoms with Gasteiger partial charge in [0.25, 0.3) is 0 Å². The Labute approximate surface area is 132 Å². The molecule has 2 atom stereocenters. The predicted molar refractivity (Wildman–Crippen MR) is 84.3 cm³/mol. The zero-order chi connectivity index (χ0) is 16.3. The molecule has 0 aromatic carbocycles. The number of nitrogens with zero attached hydrogens (tertiary/aromatic N) is 2. The molecule has 0 aromatic heterocycles. The molecule has 2 rings (SSSR count). The highest BCUT2D eigenvalue weighted by atomic mass is 16.6. The standard InChI is InChI=1S/C16H29N3O3/c1-16(2,3)22-15(21)18-7-5-4-6-13(11-18)19-10-12(9-17)8-14(19)20/h12-13H,4-11,17H2,1-3H3. The first kappa shape index (κ1) is 17.1. The Kier molecular flexibility index (Phi) is 5.32. The number of hydrogen-bond acceptors (Lipinski definition) is 4. The molecule has 22 heavy (non-hydrogen) atoms. The van der Waals surface area contributed by atoms with Crippen LogP contribution in [-0.2, 0) is 9.53 Å². The lowest BCUT2D eigenvalue weighted by Crippen LogP contribution is -2.47. The van der Waals surface area contributed by atoms with Gasteiger partial charge in [-0.3, -0.25) is 4.79 Å². The third kappa shape index (κ3) is 4.35. The van der Waals surface area contributed by atoms with Crippen LogP contribution in [0.1, 0.15) is 46.5 Å². The van der Waals surface area contributed by atoms with Gasteiger partial charge in [0.1, 0.15) is 5.60 Å². The minimum Gasteiger partial charge on any atom is -0.444 e. The van der Waals surface area contributed by atoms with Crippen molar-refractivity contribution in [1.82, 2.24) is 9.80 Å². The summed E-state index contributed by atoms with van der Waals surface area (Å²) >= 11 is 0. The summed E-state index contributed by atoms with van der Waals surface area (Å²) in [6, 6.07) is 0.0964. The molecule has 0 aliphatic carbocycles. The van der Waals surface area contributed by atoms with Gasteiger partial charge in [0.15, 0.2) is 0 Å². The molecule has 0 bridgehead atoms. The molecule has 0 saturated carbocycles. The van der Waals surface area contributed by atoms with Gasteiger partial charge in [-0.2, -0.15) is 0 Å². The Morgan fingerprint density at radius 2 is 2.05 bits per heavy atom. The maximum atomic E-state index is 12.3. The van der Waals surface area contributed by atoms with Crippen LogP contribution in [0.4, 0.5) is 4.79 Å². The van der Waals surface area contributed by atoms with Gasteiger partial charge in [0.05, 0.1) is 0 Å². The van der Waals surface area contributed by atoms with E-state index in [0.29, 0.717) is 26.1 Å². The van der Waals surface area contributed by atoms with E-state index in [-0.39, 0.29) is 24.0 Å². The molecular weight excluding hydrogens is 282 g/mol. The summed E-state index contributed by atoms with van der Waals surface area (Å²) in [5, 5.41) is 0. The molecule has 0 spiro atoms. The summed E-state index contributed by atoms with van der Waals surface area (Å²) in [4.78, 5) is 28.2. The zero-order valence-electron chi connectivity index (χ0n) is 14.0. The van der Waals surface area contributed by atoms with Crippen molar-refractivity contribution in [3.63, 3.8) is 0 Å². The Balaban J connectivity index is 2.01. The first-order chi connectivity index (χ1) is 10.3. The number of carbonyl (C=O) groups excluding carboxylic acids is 2. The average molecular weight is 311 g/mol. The van der Waals surface area contributed by atoms with Crippen LogP contribution in [0, 0.1) is 5.92 Å². The summed E-state index contributed by atoms with van der Waals surface area (Å²) in [5.74, 6) is 0.428. The fourth-order valence-electron chi connectivity index (χ4n) is 3.19. The summed E-state index contributed by atoms with van der Waals surface area (Å²) in [5.41, 5.74) is 5.21. The fraction of sp³-hybridized carbons (Fsp3) is 0.875. The van der Waals surface area contributed by atoms with Crippen molar-refractivity contribution in [3.8, 4) is 0 Å². The van der Waals surface area contributed by atoms with Crippen LogP contribution >= 0.6 is 0 Å². The lowest BCUT2D eigenvalue weighted by Gasteiger charge is -2.32. The van der Waals surface area contributed by atoms with Gasteiger partial charge in [-0.05, 0) is 52.5 Å². The molecule has 2 aliphatic rings. The smallest absolute Gasteiger partial charge is 0.410 e. The lowest BCUT2D eigenvalue weighted by molar-refractivity contribution is -0.130. The van der Waals surface area contributed by atoms with Crippen LogP contribution in [0.2, 0.25) is 0 Å². The SMILES string of the molecule is CC(C)(C)OC(=O)N1CCCCC(N2CC(CN)CC2=O)C1. The molecule has 126 valence electrons. The van der Waals surface area contributed by atoms with E-state index in [9.17, 15) is 9.59 Å². The number of rotatable bonds is 2. The number of likely N-dealkylation sites (tertiary alicyclic amines) is 2. The number of carbonyl (C=O) groups is 2. The highest BCUT2D eigenvalue weighted by Gasteiger charge is 2.36. The highest BCUT2D eigenvalue weighted by molar-refractivity contribution is 5.79. The summed E-state index contributed by atoms with van der Waals surface area (Å²) in [6.07, 6.45) is 3.20. The largest absolute Gasteiger partial charge is 0.444 e. The lowest BCUT2D eigenvalue weighted by atomic mass is 10.1. The van der Waals surface area contributed by atoms with E-state index in [2.05, 4.69) is 0 Å². The number of ether oxygens (including phenoxy) is 1. The van der Waals surface area contributed by atoms with E-state index >= 15 is 0 Å². The maximum absolute atomic E-state index is 12.3. The molecule has 0 radical (unpaired) electrons. The molecule has 2 heterocycles. The predicted octanol–water partition coefficient (Wildman–Crippen LogP) is 1.58. The van der Waals surface area contributed by atoms with Gasteiger partial charge in [0.2, 0.25) is 5.91 Å². The first-order valence-electron chi connectivity index (χ1n) is 8.27. The van der Waals surface area contributed by atoms with Gasteiger partial charge < -0.3 is 20.3 Å². The average Bonchev–Trinajstić information content (AvgIpc) is 2.64. The zero-order valence-corrected chi connectivity index (χ0v) is 14.0. The van der Waals surface area contributed by atoms with Crippen LogP contribution in [0.3, 0.4) is 0 Å². The van der Waals surface area contributed by atoms with Crippen molar-refractivity contribution in [2.24, 2.45) is 11.7 Å². The minimum absolute atomic E-state index is 0.0964. The van der Waals surface area contributed by atoms with Crippen molar-refractivity contribution >= 4 is 12.0 Å². The van der Waals surface area contributed by atoms with E-state index in [1.165, 1.54) is 0 Å². The van der Waals surface area contributed by atoms with Gasteiger partial charge in [-0.1, -0.05) is 0 Å². The van der Waals surface area contributed by atoms with Crippen molar-refractivity contribution in [3.05, 3.63) is 0 Å². The molecule has 2 amide bonds. The topological polar surface area (TPSA) is 75.9 Å². The quantitative estimate of drug-likeness (QED) is 0.840. The van der Waals surface area contributed by atoms with Gasteiger partial charge in [0, 0.05) is 32.1 Å². The van der Waals surface area contributed by atoms with Gasteiger partial charge in [-0.15, -0.1) is 0 Å². The van der Waals surface area contributed by atoms with Crippen LogP contribution in [-0.4, -0.2) is 59.6 Å². The molecular formula is C16H29N3O3. The highest BCUT2D eigenvalue weighted by Crippen LogP contribution is 2.25. The Bertz CT molecular complexity index is 419. The second-order valence-corrected chi connectivity index (χ2v) is 7.43. The van der Waals surface area contributed by atoms with E-state index in [0.717, 1.165) is 25.8 Å². The van der Waals surface area contributed by atoms with Crippen molar-refractivity contribution in [2.45, 2.75) is 58.1 Å². The fourth-order valence-corrected chi connectivity index (χ4v) is 3.19. The van der Waals surface area contributed by atoms with Gasteiger partial charge >= 0.3 is 6.09 Å². The van der Waals surface area contributed by atoms with Gasteiger partial charge in [-0.25, -0.2) is 4.79 Å². The molecule has 2 saturated heterocycles. The molecule has 6 nitrogen and oxygen atoms in total. The Morgan fingerprint density at radius 1 is 1.32 bits per heavy atom. The minimum atomic E-state index is -0.493. The van der Waals surface area contributed by atoms with Crippen molar-refractivity contribution in [1.29, 1.82) is 0 Å². The second-order valence-electron chi connectivity index (χ2n) is 7.43. The number of nitrogens with two attached hydrogens (primary N) is 1. The molecule has 0 aromatic rings. The molecule has 6 heteroatoms. The van der Waals surface area contributed by atoms with E-state index < -0.39 is 5.60 Å². The Hall–Kier alpha value is -1.30. The van der Waals surface area contributed by atoms with Crippen molar-refractivity contribution < 1.29 is 14.3 Å². The maximum Gasteiger partial charge on any atom is 0.410 e. The Morgan fingerprint density at radius 3 is 2.64 bits per heavy atom. The molecule has 2 N–H and O–H groups in total. The van der Waals surface area contributed by atoms with E-state index in [1.54, 1.807) is 4.90 Å². The summed E-state index contributed by atoms with van der Waals surface area (Å²) in [6.45, 7) is 8.15. The van der Waals surface area contributed by atoms with Crippen LogP contribution in [0.5, 0.6) is 0 Å². The summed E-state index contributed by atoms with van der Waals surface area (Å²) < 4.78 is 5.48.